The first-order valence-corrected chi connectivity index (χ1v) is 4.70. The maximum absolute atomic E-state index is 10.9. The lowest BCUT2D eigenvalue weighted by Crippen LogP contribution is -2.18. The Kier molecular flexibility index (Phi) is 3.68. The van der Waals surface area contributed by atoms with Crippen molar-refractivity contribution in [2.45, 2.75) is 26.7 Å². The van der Waals surface area contributed by atoms with Crippen LogP contribution in [0, 0.1) is 11.8 Å². The Labute approximate surface area is 82.9 Å². The average molecular weight is 197 g/mol. The maximum Gasteiger partial charge on any atom is 0.306 e. The number of carboxylic acids is 1. The number of hydrogen-bond donors (Lipinski definition) is 1. The van der Waals surface area contributed by atoms with Crippen LogP contribution in [0.3, 0.4) is 0 Å². The Morgan fingerprint density at radius 2 is 2.36 bits per heavy atom. The van der Waals surface area contributed by atoms with Crippen molar-refractivity contribution in [3.05, 3.63) is 18.0 Å². The Morgan fingerprint density at radius 1 is 1.64 bits per heavy atom. The molecule has 0 bridgehead atoms. The van der Waals surface area contributed by atoms with Gasteiger partial charge in [-0.3, -0.25) is 4.79 Å². The van der Waals surface area contributed by atoms with Crippen LogP contribution in [0.15, 0.2) is 17.0 Å². The van der Waals surface area contributed by atoms with Gasteiger partial charge in [0.15, 0.2) is 0 Å². The lowest BCUT2D eigenvalue weighted by Gasteiger charge is -2.12. The smallest absolute Gasteiger partial charge is 0.306 e. The number of aromatic nitrogens is 1. The van der Waals surface area contributed by atoms with Crippen LogP contribution in [0.5, 0.6) is 0 Å². The number of nitrogens with zero attached hydrogens (tertiary/aromatic N) is 1. The van der Waals surface area contributed by atoms with Crippen LogP contribution >= 0.6 is 0 Å². The van der Waals surface area contributed by atoms with Gasteiger partial charge in [0.1, 0.15) is 6.26 Å². The number of carbonyl (C=O) groups is 1. The third kappa shape index (κ3) is 3.20. The van der Waals surface area contributed by atoms with Gasteiger partial charge in [-0.25, -0.2) is 0 Å². The van der Waals surface area contributed by atoms with E-state index in [1.807, 2.05) is 13.8 Å². The number of rotatable bonds is 5. The van der Waals surface area contributed by atoms with Crippen LogP contribution in [0.1, 0.15) is 25.8 Å². The molecule has 0 aliphatic heterocycles. The van der Waals surface area contributed by atoms with E-state index < -0.39 is 5.97 Å². The standard InChI is InChI=1S/C10H15NO3/c1-7(2)3-9(10(12)13)4-8-5-11-14-6-8/h5-7,9H,3-4H2,1-2H3,(H,12,13). The van der Waals surface area contributed by atoms with Gasteiger partial charge in [-0.15, -0.1) is 0 Å². The van der Waals surface area contributed by atoms with Gasteiger partial charge in [-0.1, -0.05) is 19.0 Å². The normalized spacial score (nSPS) is 13.1. The molecule has 0 spiro atoms. The Balaban J connectivity index is 2.56. The number of carboxylic acid groups (broad SMARTS) is 1. The van der Waals surface area contributed by atoms with E-state index in [0.29, 0.717) is 18.8 Å². The molecule has 0 saturated carbocycles. The van der Waals surface area contributed by atoms with Crippen molar-refractivity contribution in [1.29, 1.82) is 0 Å². The van der Waals surface area contributed by atoms with E-state index in [2.05, 4.69) is 9.68 Å². The highest BCUT2D eigenvalue weighted by atomic mass is 16.5. The molecule has 4 nitrogen and oxygen atoms in total. The molecule has 0 fully saturated rings. The molecule has 1 heterocycles. The quantitative estimate of drug-likeness (QED) is 0.783. The molecule has 1 aromatic rings. The molecule has 0 aliphatic carbocycles. The van der Waals surface area contributed by atoms with Crippen LogP contribution in [-0.4, -0.2) is 16.2 Å². The topological polar surface area (TPSA) is 63.3 Å². The average Bonchev–Trinajstić information content (AvgIpc) is 2.54. The molecule has 1 unspecified atom stereocenters. The van der Waals surface area contributed by atoms with Crippen LogP contribution < -0.4 is 0 Å². The summed E-state index contributed by atoms with van der Waals surface area (Å²) in [6.07, 6.45) is 4.24. The first-order valence-electron chi connectivity index (χ1n) is 4.70. The largest absolute Gasteiger partial charge is 0.481 e. The fourth-order valence-corrected chi connectivity index (χ4v) is 1.45. The predicted octanol–water partition coefficient (Wildman–Crippen LogP) is 1.96. The summed E-state index contributed by atoms with van der Waals surface area (Å²) in [7, 11) is 0. The highest BCUT2D eigenvalue weighted by molar-refractivity contribution is 5.70. The minimum atomic E-state index is -0.750. The van der Waals surface area contributed by atoms with E-state index >= 15 is 0 Å². The summed E-state index contributed by atoms with van der Waals surface area (Å²) in [5, 5.41) is 12.5. The Morgan fingerprint density at radius 3 is 2.79 bits per heavy atom. The van der Waals surface area contributed by atoms with Gasteiger partial charge < -0.3 is 9.63 Å². The molecule has 1 N–H and O–H groups in total. The van der Waals surface area contributed by atoms with Gasteiger partial charge in [0.2, 0.25) is 0 Å². The van der Waals surface area contributed by atoms with Crippen molar-refractivity contribution in [3.63, 3.8) is 0 Å². The minimum Gasteiger partial charge on any atom is -0.481 e. The van der Waals surface area contributed by atoms with Crippen LogP contribution in [0.25, 0.3) is 0 Å². The molecule has 0 saturated heterocycles. The van der Waals surface area contributed by atoms with Gasteiger partial charge in [0.25, 0.3) is 0 Å². The van der Waals surface area contributed by atoms with E-state index in [1.54, 1.807) is 6.20 Å². The predicted molar refractivity (Wildman–Crippen MR) is 50.8 cm³/mol. The summed E-state index contributed by atoms with van der Waals surface area (Å²) in [4.78, 5) is 10.9. The molecular formula is C10H15NO3. The zero-order valence-corrected chi connectivity index (χ0v) is 8.43. The fourth-order valence-electron chi connectivity index (χ4n) is 1.45. The fraction of sp³-hybridized carbons (Fsp3) is 0.600. The maximum atomic E-state index is 10.9. The van der Waals surface area contributed by atoms with Gasteiger partial charge in [0.05, 0.1) is 12.1 Å². The third-order valence-corrected chi connectivity index (χ3v) is 2.07. The lowest BCUT2D eigenvalue weighted by atomic mass is 9.92. The second-order valence-corrected chi connectivity index (χ2v) is 3.90. The van der Waals surface area contributed by atoms with Crippen molar-refractivity contribution in [3.8, 4) is 0 Å². The van der Waals surface area contributed by atoms with Crippen LogP contribution in [0.4, 0.5) is 0 Å². The molecule has 1 rings (SSSR count). The van der Waals surface area contributed by atoms with Gasteiger partial charge in [0, 0.05) is 5.56 Å². The first-order chi connectivity index (χ1) is 6.59. The van der Waals surface area contributed by atoms with E-state index in [0.717, 1.165) is 5.56 Å². The summed E-state index contributed by atoms with van der Waals surface area (Å²) < 4.78 is 4.66. The molecule has 0 aliphatic rings. The number of aliphatic carboxylic acids is 1. The highest BCUT2D eigenvalue weighted by Crippen LogP contribution is 2.17. The third-order valence-electron chi connectivity index (χ3n) is 2.07. The summed E-state index contributed by atoms with van der Waals surface area (Å²) >= 11 is 0. The zero-order chi connectivity index (χ0) is 10.6. The summed E-state index contributed by atoms with van der Waals surface area (Å²) in [5.74, 6) is -0.703. The van der Waals surface area contributed by atoms with Crippen LogP contribution in [-0.2, 0) is 11.2 Å². The molecule has 0 aromatic carbocycles. The molecule has 0 radical (unpaired) electrons. The van der Waals surface area contributed by atoms with Crippen molar-refractivity contribution in [2.75, 3.05) is 0 Å². The van der Waals surface area contributed by atoms with Gasteiger partial charge in [-0.2, -0.15) is 0 Å². The molecule has 0 amide bonds. The Hall–Kier alpha value is -1.32. The molecule has 1 atom stereocenters. The van der Waals surface area contributed by atoms with Crippen molar-refractivity contribution >= 4 is 5.97 Å². The van der Waals surface area contributed by atoms with Gasteiger partial charge in [-0.05, 0) is 18.8 Å². The van der Waals surface area contributed by atoms with E-state index in [9.17, 15) is 4.79 Å². The zero-order valence-electron chi connectivity index (χ0n) is 8.43. The number of hydrogen-bond acceptors (Lipinski definition) is 3. The minimum absolute atomic E-state index is 0.339. The first kappa shape index (κ1) is 10.8. The van der Waals surface area contributed by atoms with Crippen molar-refractivity contribution in [1.82, 2.24) is 5.16 Å². The van der Waals surface area contributed by atoms with E-state index in [1.165, 1.54) is 6.26 Å². The highest BCUT2D eigenvalue weighted by Gasteiger charge is 2.19. The van der Waals surface area contributed by atoms with Crippen molar-refractivity contribution < 1.29 is 14.4 Å². The molecule has 14 heavy (non-hydrogen) atoms. The van der Waals surface area contributed by atoms with E-state index in [-0.39, 0.29) is 5.92 Å². The molecule has 4 heteroatoms. The SMILES string of the molecule is CC(C)CC(Cc1cnoc1)C(=O)O. The Bertz CT molecular complexity index is 280. The summed E-state index contributed by atoms with van der Waals surface area (Å²) in [6, 6.07) is 0. The molecule has 1 aromatic heterocycles. The second-order valence-electron chi connectivity index (χ2n) is 3.90. The lowest BCUT2D eigenvalue weighted by molar-refractivity contribution is -0.142. The second kappa shape index (κ2) is 4.79. The molecule has 78 valence electrons. The summed E-state index contributed by atoms with van der Waals surface area (Å²) in [5.41, 5.74) is 0.845. The monoisotopic (exact) mass is 197 g/mol. The van der Waals surface area contributed by atoms with Crippen molar-refractivity contribution in [2.24, 2.45) is 11.8 Å². The summed E-state index contributed by atoms with van der Waals surface area (Å²) in [6.45, 7) is 4.03. The molecular weight excluding hydrogens is 182 g/mol. The van der Waals surface area contributed by atoms with Crippen LogP contribution in [0.2, 0.25) is 0 Å². The van der Waals surface area contributed by atoms with E-state index in [4.69, 9.17) is 5.11 Å². The van der Waals surface area contributed by atoms with Gasteiger partial charge >= 0.3 is 5.97 Å².